The summed E-state index contributed by atoms with van der Waals surface area (Å²) in [4.78, 5) is 12.3. The zero-order valence-electron chi connectivity index (χ0n) is 16.6. The van der Waals surface area contributed by atoms with Crippen LogP contribution in [0.2, 0.25) is 0 Å². The molecule has 0 saturated carbocycles. The standard InChI is InChI=1S/C22H28N2O4/c1-15(2)6-5-13-28-21-14-18(9-12-20(21)27-4)24-22(26)23-16(3)17-7-10-19(25)11-8-17/h7-12,14-15,25H,3,5-6,13H2,1-2,4H3,(H2,23,24,26). The number of amides is 2. The molecule has 150 valence electrons. The summed E-state index contributed by atoms with van der Waals surface area (Å²) >= 11 is 0. The van der Waals surface area contributed by atoms with E-state index in [1.54, 1.807) is 37.4 Å². The number of benzene rings is 2. The maximum atomic E-state index is 12.3. The number of carbonyl (C=O) groups is 1. The van der Waals surface area contributed by atoms with Crippen LogP contribution in [-0.2, 0) is 0 Å². The van der Waals surface area contributed by atoms with Crippen molar-refractivity contribution in [3.8, 4) is 17.2 Å². The van der Waals surface area contributed by atoms with Gasteiger partial charge in [0.2, 0.25) is 0 Å². The first-order valence-corrected chi connectivity index (χ1v) is 9.26. The van der Waals surface area contributed by atoms with Gasteiger partial charge in [-0.1, -0.05) is 20.4 Å². The van der Waals surface area contributed by atoms with Gasteiger partial charge in [0.15, 0.2) is 11.5 Å². The molecule has 0 atom stereocenters. The number of aromatic hydroxyl groups is 1. The molecule has 28 heavy (non-hydrogen) atoms. The Morgan fingerprint density at radius 1 is 1.14 bits per heavy atom. The second-order valence-electron chi connectivity index (χ2n) is 6.85. The molecule has 0 heterocycles. The van der Waals surface area contributed by atoms with E-state index in [2.05, 4.69) is 31.1 Å². The average molecular weight is 384 g/mol. The molecule has 6 heteroatoms. The summed E-state index contributed by atoms with van der Waals surface area (Å²) in [6.45, 7) is 8.78. The van der Waals surface area contributed by atoms with E-state index in [4.69, 9.17) is 9.47 Å². The van der Waals surface area contributed by atoms with Gasteiger partial charge in [-0.15, -0.1) is 0 Å². The van der Waals surface area contributed by atoms with Crippen LogP contribution in [-0.4, -0.2) is 24.9 Å². The van der Waals surface area contributed by atoms with E-state index < -0.39 is 6.03 Å². The quantitative estimate of drug-likeness (QED) is 0.531. The third kappa shape index (κ3) is 6.54. The summed E-state index contributed by atoms with van der Waals surface area (Å²) < 4.78 is 11.2. The number of rotatable bonds is 9. The molecule has 0 fully saturated rings. The summed E-state index contributed by atoms with van der Waals surface area (Å²) in [5.74, 6) is 1.98. The van der Waals surface area contributed by atoms with Crippen molar-refractivity contribution in [3.63, 3.8) is 0 Å². The number of methoxy groups -OCH3 is 1. The zero-order valence-corrected chi connectivity index (χ0v) is 16.6. The lowest BCUT2D eigenvalue weighted by molar-refractivity contribution is 0.255. The SMILES string of the molecule is C=C(NC(=O)Nc1ccc(OC)c(OCCCC(C)C)c1)c1ccc(O)cc1. The van der Waals surface area contributed by atoms with Crippen LogP contribution < -0.4 is 20.1 Å². The van der Waals surface area contributed by atoms with E-state index in [-0.39, 0.29) is 5.75 Å². The van der Waals surface area contributed by atoms with Gasteiger partial charge < -0.3 is 25.2 Å². The Balaban J connectivity index is 1.96. The number of carbonyl (C=O) groups excluding carboxylic acids is 1. The highest BCUT2D eigenvalue weighted by atomic mass is 16.5. The van der Waals surface area contributed by atoms with Gasteiger partial charge in [0.25, 0.3) is 0 Å². The van der Waals surface area contributed by atoms with Gasteiger partial charge in [0, 0.05) is 17.5 Å². The normalized spacial score (nSPS) is 10.4. The molecule has 0 aliphatic carbocycles. The zero-order chi connectivity index (χ0) is 20.5. The molecule has 0 spiro atoms. The fraction of sp³-hybridized carbons (Fsp3) is 0.318. The van der Waals surface area contributed by atoms with Gasteiger partial charge in [-0.05, 0) is 60.7 Å². The first kappa shape index (κ1) is 21.2. The molecular weight excluding hydrogens is 356 g/mol. The van der Waals surface area contributed by atoms with Crippen LogP contribution in [0.5, 0.6) is 17.2 Å². The Hall–Kier alpha value is -3.15. The van der Waals surface area contributed by atoms with Gasteiger partial charge in [-0.2, -0.15) is 0 Å². The lowest BCUT2D eigenvalue weighted by atomic mass is 10.1. The fourth-order valence-electron chi connectivity index (χ4n) is 2.58. The number of ether oxygens (including phenoxy) is 2. The lowest BCUT2D eigenvalue weighted by Gasteiger charge is -2.14. The topological polar surface area (TPSA) is 79.8 Å². The number of hydrogen-bond donors (Lipinski definition) is 3. The molecule has 2 amide bonds. The van der Waals surface area contributed by atoms with Crippen LogP contribution in [0.3, 0.4) is 0 Å². The third-order valence-electron chi connectivity index (χ3n) is 4.09. The molecule has 0 aliphatic rings. The highest BCUT2D eigenvalue weighted by Gasteiger charge is 2.10. The molecule has 0 unspecified atom stereocenters. The van der Waals surface area contributed by atoms with Gasteiger partial charge in [0.1, 0.15) is 5.75 Å². The molecule has 0 saturated heterocycles. The number of phenolic OH excluding ortho intramolecular Hbond substituents is 1. The molecule has 0 bridgehead atoms. The molecule has 0 aromatic heterocycles. The van der Waals surface area contributed by atoms with Crippen molar-refractivity contribution < 1.29 is 19.4 Å². The van der Waals surface area contributed by atoms with E-state index in [0.717, 1.165) is 12.8 Å². The molecule has 0 aliphatic heterocycles. The van der Waals surface area contributed by atoms with Crippen LogP contribution in [0.25, 0.3) is 5.70 Å². The molecule has 3 N–H and O–H groups in total. The maximum Gasteiger partial charge on any atom is 0.323 e. The van der Waals surface area contributed by atoms with Crippen LogP contribution in [0, 0.1) is 5.92 Å². The van der Waals surface area contributed by atoms with Crippen LogP contribution >= 0.6 is 0 Å². The third-order valence-corrected chi connectivity index (χ3v) is 4.09. The van der Waals surface area contributed by atoms with Crippen molar-refractivity contribution in [1.82, 2.24) is 5.32 Å². The number of hydrogen-bond acceptors (Lipinski definition) is 4. The van der Waals surface area contributed by atoms with Crippen molar-refractivity contribution in [2.24, 2.45) is 5.92 Å². The van der Waals surface area contributed by atoms with E-state index in [0.29, 0.717) is 41.0 Å². The summed E-state index contributed by atoms with van der Waals surface area (Å²) in [6, 6.07) is 11.2. The monoisotopic (exact) mass is 384 g/mol. The van der Waals surface area contributed by atoms with Gasteiger partial charge >= 0.3 is 6.03 Å². The van der Waals surface area contributed by atoms with E-state index in [9.17, 15) is 9.90 Å². The number of anilines is 1. The van der Waals surface area contributed by atoms with Gasteiger partial charge in [0.05, 0.1) is 13.7 Å². The summed E-state index contributed by atoms with van der Waals surface area (Å²) in [6.07, 6.45) is 2.04. The minimum absolute atomic E-state index is 0.153. The van der Waals surface area contributed by atoms with Crippen LogP contribution in [0.4, 0.5) is 10.5 Å². The minimum atomic E-state index is -0.422. The highest BCUT2D eigenvalue weighted by Crippen LogP contribution is 2.30. The Labute approximate surface area is 166 Å². The van der Waals surface area contributed by atoms with Crippen molar-refractivity contribution in [3.05, 3.63) is 54.6 Å². The number of urea groups is 1. The predicted octanol–water partition coefficient (Wildman–Crippen LogP) is 5.01. The summed E-state index contributed by atoms with van der Waals surface area (Å²) in [7, 11) is 1.58. The van der Waals surface area contributed by atoms with Crippen molar-refractivity contribution in [1.29, 1.82) is 0 Å². The Kier molecular flexibility index (Phi) is 7.75. The first-order chi connectivity index (χ1) is 13.4. The van der Waals surface area contributed by atoms with Crippen LogP contribution in [0.15, 0.2) is 49.0 Å². The summed E-state index contributed by atoms with van der Waals surface area (Å²) in [5, 5.41) is 14.8. The second kappa shape index (κ2) is 10.3. The average Bonchev–Trinajstić information content (AvgIpc) is 2.65. The Morgan fingerprint density at radius 3 is 2.50 bits per heavy atom. The summed E-state index contributed by atoms with van der Waals surface area (Å²) in [5.41, 5.74) is 1.71. The van der Waals surface area contributed by atoms with Crippen LogP contribution in [0.1, 0.15) is 32.3 Å². The molecule has 2 aromatic rings. The van der Waals surface area contributed by atoms with E-state index in [1.165, 1.54) is 12.1 Å². The molecule has 2 rings (SSSR count). The predicted molar refractivity (Wildman–Crippen MR) is 112 cm³/mol. The first-order valence-electron chi connectivity index (χ1n) is 9.26. The van der Waals surface area contributed by atoms with Crippen molar-refractivity contribution >= 4 is 17.4 Å². The van der Waals surface area contributed by atoms with E-state index in [1.807, 2.05) is 0 Å². The minimum Gasteiger partial charge on any atom is -0.508 e. The number of nitrogens with one attached hydrogen (secondary N) is 2. The smallest absolute Gasteiger partial charge is 0.323 e. The second-order valence-corrected chi connectivity index (χ2v) is 6.85. The largest absolute Gasteiger partial charge is 0.508 e. The van der Waals surface area contributed by atoms with Crippen molar-refractivity contribution in [2.75, 3.05) is 19.0 Å². The molecule has 2 aromatic carbocycles. The molecular formula is C22H28N2O4. The van der Waals surface area contributed by atoms with Gasteiger partial charge in [-0.3, -0.25) is 0 Å². The molecule has 6 nitrogen and oxygen atoms in total. The Morgan fingerprint density at radius 2 is 1.86 bits per heavy atom. The lowest BCUT2D eigenvalue weighted by Crippen LogP contribution is -2.27. The molecule has 0 radical (unpaired) electrons. The maximum absolute atomic E-state index is 12.3. The van der Waals surface area contributed by atoms with Crippen molar-refractivity contribution in [2.45, 2.75) is 26.7 Å². The van der Waals surface area contributed by atoms with E-state index >= 15 is 0 Å². The Bertz CT molecular complexity index is 801. The van der Waals surface area contributed by atoms with Gasteiger partial charge in [-0.25, -0.2) is 4.79 Å². The highest BCUT2D eigenvalue weighted by molar-refractivity contribution is 5.95. The fourth-order valence-corrected chi connectivity index (χ4v) is 2.58. The number of phenols is 1.